The van der Waals surface area contributed by atoms with Crippen molar-refractivity contribution in [1.29, 1.82) is 0 Å². The van der Waals surface area contributed by atoms with E-state index in [1.165, 1.54) is 10.8 Å². The lowest BCUT2D eigenvalue weighted by molar-refractivity contribution is 0.616. The van der Waals surface area contributed by atoms with Gasteiger partial charge >= 0.3 is 0 Å². The maximum absolute atomic E-state index is 5.76. The summed E-state index contributed by atoms with van der Waals surface area (Å²) in [5.74, 6) is 0.700. The molecule has 4 heteroatoms. The van der Waals surface area contributed by atoms with Crippen LogP contribution in [0.2, 0.25) is 0 Å². The van der Waals surface area contributed by atoms with Gasteiger partial charge in [-0.15, -0.1) is 0 Å². The van der Waals surface area contributed by atoms with Gasteiger partial charge in [0.1, 0.15) is 5.58 Å². The van der Waals surface area contributed by atoms with E-state index in [1.54, 1.807) is 6.26 Å². The van der Waals surface area contributed by atoms with Crippen LogP contribution >= 0.6 is 0 Å². The number of aromatic nitrogens is 3. The predicted octanol–water partition coefficient (Wildman–Crippen LogP) is 9.32. The zero-order valence-electron chi connectivity index (χ0n) is 21.5. The van der Waals surface area contributed by atoms with E-state index in [0.29, 0.717) is 5.82 Å². The molecule has 0 bridgehead atoms. The van der Waals surface area contributed by atoms with Crippen LogP contribution in [0, 0.1) is 0 Å². The van der Waals surface area contributed by atoms with Crippen molar-refractivity contribution in [1.82, 2.24) is 14.5 Å². The summed E-state index contributed by atoms with van der Waals surface area (Å²) in [5, 5.41) is 3.53. The lowest BCUT2D eigenvalue weighted by Gasteiger charge is -2.11. The van der Waals surface area contributed by atoms with Gasteiger partial charge in [0.25, 0.3) is 0 Å². The van der Waals surface area contributed by atoms with Crippen LogP contribution in [0.1, 0.15) is 0 Å². The van der Waals surface area contributed by atoms with Crippen molar-refractivity contribution < 1.29 is 4.42 Å². The first kappa shape index (κ1) is 22.5. The molecule has 0 spiro atoms. The molecule has 0 saturated heterocycles. The summed E-state index contributed by atoms with van der Waals surface area (Å²) in [5.41, 5.74) is 9.13. The van der Waals surface area contributed by atoms with Crippen LogP contribution in [0.3, 0.4) is 0 Å². The summed E-state index contributed by atoms with van der Waals surface area (Å²) >= 11 is 0. The lowest BCUT2D eigenvalue weighted by atomic mass is 10.1. The van der Waals surface area contributed by atoms with Crippen molar-refractivity contribution >= 4 is 32.8 Å². The fourth-order valence-corrected chi connectivity index (χ4v) is 5.55. The Morgan fingerprint density at radius 2 is 1.15 bits per heavy atom. The molecule has 8 rings (SSSR count). The van der Waals surface area contributed by atoms with Crippen LogP contribution in [0.15, 0.2) is 144 Å². The molecule has 188 valence electrons. The Labute approximate surface area is 230 Å². The number of para-hydroxylation sites is 1. The quantitative estimate of drug-likeness (QED) is 0.235. The van der Waals surface area contributed by atoms with Gasteiger partial charge in [-0.25, -0.2) is 9.97 Å². The minimum absolute atomic E-state index is 0.700. The molecule has 0 saturated carbocycles. The second-order valence-electron chi connectivity index (χ2n) is 9.92. The van der Waals surface area contributed by atoms with E-state index in [2.05, 4.69) is 95.6 Å². The Morgan fingerprint density at radius 1 is 0.500 bits per heavy atom. The summed E-state index contributed by atoms with van der Waals surface area (Å²) in [7, 11) is 0. The molecule has 0 amide bonds. The monoisotopic (exact) mass is 513 g/mol. The minimum Gasteiger partial charge on any atom is -0.464 e. The van der Waals surface area contributed by atoms with Crippen molar-refractivity contribution in [3.63, 3.8) is 0 Å². The van der Waals surface area contributed by atoms with Gasteiger partial charge in [0.05, 0.1) is 28.7 Å². The molecule has 0 aliphatic rings. The Balaban J connectivity index is 1.28. The molecular weight excluding hydrogens is 490 g/mol. The summed E-state index contributed by atoms with van der Waals surface area (Å²) in [6.07, 6.45) is 1.75. The molecule has 0 atom stereocenters. The van der Waals surface area contributed by atoms with Crippen molar-refractivity contribution in [2.75, 3.05) is 0 Å². The zero-order chi connectivity index (χ0) is 26.5. The maximum Gasteiger partial charge on any atom is 0.160 e. The molecule has 4 nitrogen and oxygen atoms in total. The molecule has 0 radical (unpaired) electrons. The number of fused-ring (bicyclic) bond motifs is 4. The Morgan fingerprint density at radius 3 is 1.85 bits per heavy atom. The number of hydrogen-bond acceptors (Lipinski definition) is 3. The third-order valence-corrected chi connectivity index (χ3v) is 7.50. The molecule has 3 heterocycles. The molecule has 0 aliphatic carbocycles. The lowest BCUT2D eigenvalue weighted by Crippen LogP contribution is -1.97. The van der Waals surface area contributed by atoms with Gasteiger partial charge in [-0.1, -0.05) is 78.9 Å². The van der Waals surface area contributed by atoms with Crippen LogP contribution in [-0.4, -0.2) is 14.5 Å². The predicted molar refractivity (Wildman–Crippen MR) is 162 cm³/mol. The molecule has 0 N–H and O–H groups in total. The Hall–Kier alpha value is -5.48. The SMILES string of the molecule is c1ccc(-c2cc(-c3ccccc3)nc(-c3ccc(-n4c5ccccc5c5cc6ccoc6cc54)cc3)n2)cc1. The first-order valence-electron chi connectivity index (χ1n) is 13.3. The van der Waals surface area contributed by atoms with Gasteiger partial charge in [-0.05, 0) is 48.5 Å². The van der Waals surface area contributed by atoms with Crippen molar-refractivity contribution in [2.24, 2.45) is 0 Å². The number of rotatable bonds is 4. The zero-order valence-corrected chi connectivity index (χ0v) is 21.5. The first-order valence-corrected chi connectivity index (χ1v) is 13.3. The summed E-state index contributed by atoms with van der Waals surface area (Å²) in [6, 6.07) is 46.0. The van der Waals surface area contributed by atoms with Crippen molar-refractivity contribution in [3.05, 3.63) is 140 Å². The molecule has 0 aliphatic heterocycles. The third kappa shape index (κ3) is 3.69. The fraction of sp³-hybridized carbons (Fsp3) is 0. The molecule has 5 aromatic carbocycles. The van der Waals surface area contributed by atoms with E-state index in [1.807, 2.05) is 42.5 Å². The average molecular weight is 514 g/mol. The maximum atomic E-state index is 5.76. The van der Waals surface area contributed by atoms with E-state index < -0.39 is 0 Å². The van der Waals surface area contributed by atoms with Gasteiger partial charge in [0, 0.05) is 44.6 Å². The smallest absolute Gasteiger partial charge is 0.160 e. The van der Waals surface area contributed by atoms with E-state index in [9.17, 15) is 0 Å². The van der Waals surface area contributed by atoms with Gasteiger partial charge in [-0.3, -0.25) is 0 Å². The second kappa shape index (κ2) is 9.07. The van der Waals surface area contributed by atoms with Crippen LogP contribution < -0.4 is 0 Å². The summed E-state index contributed by atoms with van der Waals surface area (Å²) in [6.45, 7) is 0. The van der Waals surface area contributed by atoms with Gasteiger partial charge < -0.3 is 8.98 Å². The highest BCUT2D eigenvalue weighted by Crippen LogP contribution is 2.35. The van der Waals surface area contributed by atoms with Crippen molar-refractivity contribution in [3.8, 4) is 39.6 Å². The largest absolute Gasteiger partial charge is 0.464 e. The topological polar surface area (TPSA) is 43.9 Å². The van der Waals surface area contributed by atoms with Crippen LogP contribution in [0.4, 0.5) is 0 Å². The fourth-order valence-electron chi connectivity index (χ4n) is 5.55. The second-order valence-corrected chi connectivity index (χ2v) is 9.92. The molecule has 40 heavy (non-hydrogen) atoms. The first-order chi connectivity index (χ1) is 19.8. The normalized spacial score (nSPS) is 11.5. The highest BCUT2D eigenvalue weighted by Gasteiger charge is 2.15. The molecular formula is C36H23N3O. The van der Waals surface area contributed by atoms with Gasteiger partial charge in [0.2, 0.25) is 0 Å². The Kier molecular flexibility index (Phi) is 5.10. The van der Waals surface area contributed by atoms with E-state index in [0.717, 1.165) is 55.8 Å². The number of furan rings is 1. The Bertz CT molecular complexity index is 2080. The molecule has 0 fully saturated rings. The van der Waals surface area contributed by atoms with Crippen LogP contribution in [-0.2, 0) is 0 Å². The standard InChI is InChI=1S/C36H23N3O/c1-3-9-24(10-4-1)31-22-32(25-11-5-2-6-12-25)38-36(37-31)26-15-17-28(18-16-26)39-33-14-8-7-13-29(33)30-21-27-19-20-40-35(27)23-34(30)39/h1-23H. The van der Waals surface area contributed by atoms with Gasteiger partial charge in [0.15, 0.2) is 5.82 Å². The molecule has 3 aromatic heterocycles. The van der Waals surface area contributed by atoms with Crippen LogP contribution in [0.25, 0.3) is 72.4 Å². The number of benzene rings is 5. The number of hydrogen-bond donors (Lipinski definition) is 0. The minimum atomic E-state index is 0.700. The number of nitrogens with zero attached hydrogens (tertiary/aromatic N) is 3. The van der Waals surface area contributed by atoms with Crippen molar-refractivity contribution in [2.45, 2.75) is 0 Å². The summed E-state index contributed by atoms with van der Waals surface area (Å²) in [4.78, 5) is 9.98. The van der Waals surface area contributed by atoms with E-state index in [-0.39, 0.29) is 0 Å². The average Bonchev–Trinajstić information content (AvgIpc) is 3.62. The van der Waals surface area contributed by atoms with E-state index in [4.69, 9.17) is 14.4 Å². The van der Waals surface area contributed by atoms with Crippen LogP contribution in [0.5, 0.6) is 0 Å². The molecule has 0 unspecified atom stereocenters. The summed E-state index contributed by atoms with van der Waals surface area (Å²) < 4.78 is 8.05. The third-order valence-electron chi connectivity index (χ3n) is 7.50. The van der Waals surface area contributed by atoms with Gasteiger partial charge in [-0.2, -0.15) is 0 Å². The highest BCUT2D eigenvalue weighted by atomic mass is 16.3. The van der Waals surface area contributed by atoms with E-state index >= 15 is 0 Å². The molecule has 8 aromatic rings. The highest BCUT2D eigenvalue weighted by molar-refractivity contribution is 6.13.